The van der Waals surface area contributed by atoms with E-state index in [2.05, 4.69) is 46.6 Å². The first-order chi connectivity index (χ1) is 15.9. The lowest BCUT2D eigenvalue weighted by atomic mass is 9.80. The van der Waals surface area contributed by atoms with Gasteiger partial charge in [-0.3, -0.25) is 9.88 Å². The second kappa shape index (κ2) is 10.5. The van der Waals surface area contributed by atoms with Gasteiger partial charge >= 0.3 is 11.7 Å². The number of amides is 2. The molecule has 1 unspecified atom stereocenters. The highest BCUT2D eigenvalue weighted by Gasteiger charge is 2.27. The topological polar surface area (TPSA) is 109 Å². The lowest BCUT2D eigenvalue weighted by molar-refractivity contribution is 0.153. The van der Waals surface area contributed by atoms with Crippen LogP contribution in [0.25, 0.3) is 5.69 Å². The smallest absolute Gasteiger partial charge is 0.328 e. The molecule has 0 spiro atoms. The minimum Gasteiger partial charge on any atom is -0.328 e. The number of piperazine rings is 1. The molecule has 2 heterocycles. The summed E-state index contributed by atoms with van der Waals surface area (Å²) < 4.78 is 1.49. The van der Waals surface area contributed by atoms with Gasteiger partial charge in [0.2, 0.25) is 0 Å². The Balaban J connectivity index is 1.34. The van der Waals surface area contributed by atoms with Crippen molar-refractivity contribution in [3.05, 3.63) is 52.6 Å². The number of nitrogens with zero attached hydrogens (tertiary/aromatic N) is 4. The van der Waals surface area contributed by atoms with Crippen molar-refractivity contribution >= 4 is 11.8 Å². The van der Waals surface area contributed by atoms with E-state index >= 15 is 0 Å². The number of nitrogens with two attached hydrogens (primary N) is 1. The second-order valence-corrected chi connectivity index (χ2v) is 9.39. The first kappa shape index (κ1) is 23.4. The summed E-state index contributed by atoms with van der Waals surface area (Å²) in [6.45, 7) is 6.14. The molecule has 1 aliphatic carbocycles. The van der Waals surface area contributed by atoms with Crippen molar-refractivity contribution in [1.29, 1.82) is 0 Å². The van der Waals surface area contributed by atoms with E-state index in [1.54, 1.807) is 17.2 Å². The summed E-state index contributed by atoms with van der Waals surface area (Å²) in [6, 6.07) is 10.2. The summed E-state index contributed by atoms with van der Waals surface area (Å²) in [7, 11) is 2.18. The maximum Gasteiger partial charge on any atom is 0.354 e. The standard InChI is InChI=1S/C24H35N7O2/c1-17(29(2)16-19-14-20(25)15-19)13-18-3-5-21(6-4-18)31-10-7-22(28-24(31)33)27-23(32)30-11-8-26-9-12-30/h3-7,10,17,19-20,26H,8-9,11-16,25H2,1-2H3,(H,27,28,32,33)/t17?,19-,20+. The molecule has 2 fully saturated rings. The van der Waals surface area contributed by atoms with Crippen molar-refractivity contribution in [1.82, 2.24) is 24.7 Å². The lowest BCUT2D eigenvalue weighted by Gasteiger charge is -2.37. The molecular formula is C24H35N7O2. The van der Waals surface area contributed by atoms with Crippen LogP contribution in [0, 0.1) is 5.92 Å². The molecule has 33 heavy (non-hydrogen) atoms. The number of carbonyl (C=O) groups excluding carboxylic acids is 1. The van der Waals surface area contributed by atoms with Gasteiger partial charge in [-0.15, -0.1) is 0 Å². The van der Waals surface area contributed by atoms with Crippen molar-refractivity contribution in [2.75, 3.05) is 45.1 Å². The van der Waals surface area contributed by atoms with Gasteiger partial charge in [0, 0.05) is 51.0 Å². The molecule has 1 aromatic carbocycles. The average molecular weight is 454 g/mol. The molecule has 2 amide bonds. The Hall–Kier alpha value is -2.75. The zero-order valence-electron chi connectivity index (χ0n) is 19.5. The van der Waals surface area contributed by atoms with Crippen LogP contribution in [-0.4, -0.2) is 77.2 Å². The Bertz CT molecular complexity index is 995. The summed E-state index contributed by atoms with van der Waals surface area (Å²) in [4.78, 5) is 33.1. The van der Waals surface area contributed by atoms with Crippen molar-refractivity contribution in [3.8, 4) is 5.69 Å². The highest BCUT2D eigenvalue weighted by atomic mass is 16.2. The molecule has 0 bridgehead atoms. The van der Waals surface area contributed by atoms with Gasteiger partial charge in [0.05, 0.1) is 5.69 Å². The van der Waals surface area contributed by atoms with Gasteiger partial charge < -0.3 is 20.9 Å². The van der Waals surface area contributed by atoms with Crippen molar-refractivity contribution in [2.45, 2.75) is 38.3 Å². The molecule has 2 aliphatic rings. The van der Waals surface area contributed by atoms with Crippen LogP contribution in [0.4, 0.5) is 10.6 Å². The molecule has 4 rings (SSSR count). The number of aromatic nitrogens is 2. The van der Waals surface area contributed by atoms with Crippen LogP contribution in [0.2, 0.25) is 0 Å². The second-order valence-electron chi connectivity index (χ2n) is 9.39. The summed E-state index contributed by atoms with van der Waals surface area (Å²) in [5.41, 5.74) is 7.46. The van der Waals surface area contributed by atoms with Crippen molar-refractivity contribution in [3.63, 3.8) is 0 Å². The fourth-order valence-electron chi connectivity index (χ4n) is 4.54. The zero-order valence-corrected chi connectivity index (χ0v) is 19.5. The molecule has 9 heteroatoms. The van der Waals surface area contributed by atoms with Crippen molar-refractivity contribution < 1.29 is 4.79 Å². The van der Waals surface area contributed by atoms with E-state index in [9.17, 15) is 9.59 Å². The Morgan fingerprint density at radius 3 is 2.58 bits per heavy atom. The number of nitrogens with one attached hydrogen (secondary N) is 2. The van der Waals surface area contributed by atoms with Gasteiger partial charge in [-0.05, 0) is 62.9 Å². The third-order valence-corrected chi connectivity index (χ3v) is 6.76. The van der Waals surface area contributed by atoms with Crippen LogP contribution >= 0.6 is 0 Å². The highest BCUT2D eigenvalue weighted by Crippen LogP contribution is 2.26. The fourth-order valence-corrected chi connectivity index (χ4v) is 4.54. The number of likely N-dealkylation sites (N-methyl/N-ethyl adjacent to an activating group) is 1. The van der Waals surface area contributed by atoms with Gasteiger partial charge in [0.25, 0.3) is 0 Å². The average Bonchev–Trinajstić information content (AvgIpc) is 2.79. The van der Waals surface area contributed by atoms with E-state index in [4.69, 9.17) is 5.73 Å². The molecule has 1 aromatic heterocycles. The summed E-state index contributed by atoms with van der Waals surface area (Å²) in [5, 5.41) is 5.92. The minimum atomic E-state index is -0.423. The van der Waals surface area contributed by atoms with Crippen LogP contribution in [-0.2, 0) is 6.42 Å². The van der Waals surface area contributed by atoms with Gasteiger partial charge in [0.15, 0.2) is 0 Å². The maximum absolute atomic E-state index is 12.6. The van der Waals surface area contributed by atoms with Gasteiger partial charge in [-0.1, -0.05) is 12.1 Å². The predicted octanol–water partition coefficient (Wildman–Crippen LogP) is 1.27. The molecule has 1 saturated heterocycles. The molecule has 1 saturated carbocycles. The number of hydrogen-bond acceptors (Lipinski definition) is 6. The van der Waals surface area contributed by atoms with Crippen LogP contribution in [0.3, 0.4) is 0 Å². The summed E-state index contributed by atoms with van der Waals surface area (Å²) in [6.07, 6.45) is 4.86. The van der Waals surface area contributed by atoms with E-state index < -0.39 is 5.69 Å². The number of benzene rings is 1. The fraction of sp³-hybridized carbons (Fsp3) is 0.542. The molecular weight excluding hydrogens is 418 g/mol. The molecule has 1 atom stereocenters. The first-order valence-corrected chi connectivity index (χ1v) is 11.8. The summed E-state index contributed by atoms with van der Waals surface area (Å²) >= 11 is 0. The molecule has 0 radical (unpaired) electrons. The van der Waals surface area contributed by atoms with E-state index in [0.717, 1.165) is 50.5 Å². The van der Waals surface area contributed by atoms with Gasteiger partial charge in [-0.25, -0.2) is 9.59 Å². The molecule has 4 N–H and O–H groups in total. The maximum atomic E-state index is 12.6. The quantitative estimate of drug-likeness (QED) is 0.583. The number of anilines is 1. The Kier molecular flexibility index (Phi) is 7.42. The third kappa shape index (κ3) is 5.98. The Labute approximate surface area is 195 Å². The SMILES string of the molecule is CC(Cc1ccc(-n2ccc(NC(=O)N3CCNCC3)nc2=O)cc1)N(C)C[C@H]1C[C@@H](N)C1. The Morgan fingerprint density at radius 1 is 1.24 bits per heavy atom. The van der Waals surface area contributed by atoms with Crippen LogP contribution in [0.1, 0.15) is 25.3 Å². The highest BCUT2D eigenvalue weighted by molar-refractivity contribution is 5.88. The number of rotatable bonds is 7. The van der Waals surface area contributed by atoms with Gasteiger partial charge in [0.1, 0.15) is 5.82 Å². The Morgan fingerprint density at radius 2 is 1.94 bits per heavy atom. The zero-order chi connectivity index (χ0) is 23.4. The monoisotopic (exact) mass is 453 g/mol. The largest absolute Gasteiger partial charge is 0.354 e. The normalized spacial score (nSPS) is 21.5. The molecule has 178 valence electrons. The third-order valence-electron chi connectivity index (χ3n) is 6.76. The van der Waals surface area contributed by atoms with E-state index in [1.807, 2.05) is 12.1 Å². The lowest BCUT2D eigenvalue weighted by Crippen LogP contribution is -2.48. The molecule has 1 aliphatic heterocycles. The first-order valence-electron chi connectivity index (χ1n) is 11.8. The van der Waals surface area contributed by atoms with Crippen molar-refractivity contribution in [2.24, 2.45) is 11.7 Å². The molecule has 2 aromatic rings. The number of hydrogen-bond donors (Lipinski definition) is 3. The van der Waals surface area contributed by atoms with E-state index in [0.29, 0.717) is 25.2 Å². The molecule has 9 nitrogen and oxygen atoms in total. The van der Waals surface area contributed by atoms with Crippen LogP contribution < -0.4 is 22.1 Å². The van der Waals surface area contributed by atoms with Gasteiger partial charge in [-0.2, -0.15) is 4.98 Å². The van der Waals surface area contributed by atoms with E-state index in [1.165, 1.54) is 10.1 Å². The summed E-state index contributed by atoms with van der Waals surface area (Å²) in [5.74, 6) is 0.986. The van der Waals surface area contributed by atoms with Crippen LogP contribution in [0.5, 0.6) is 0 Å². The van der Waals surface area contributed by atoms with E-state index in [-0.39, 0.29) is 11.8 Å². The number of carbonyl (C=O) groups is 1. The van der Waals surface area contributed by atoms with Crippen LogP contribution in [0.15, 0.2) is 41.3 Å². The number of urea groups is 1. The minimum absolute atomic E-state index is 0.232. The predicted molar refractivity (Wildman–Crippen MR) is 130 cm³/mol.